The first-order valence-corrected chi connectivity index (χ1v) is 8.52. The Morgan fingerprint density at radius 3 is 2.04 bits per heavy atom. The largest absolute Gasteiger partial charge is 0.504 e. The summed E-state index contributed by atoms with van der Waals surface area (Å²) in [5, 5.41) is 9.09. The van der Waals surface area contributed by atoms with Gasteiger partial charge in [-0.2, -0.15) is 0 Å². The van der Waals surface area contributed by atoms with Crippen LogP contribution in [-0.4, -0.2) is 44.3 Å². The summed E-state index contributed by atoms with van der Waals surface area (Å²) in [4.78, 5) is 31.6. The van der Waals surface area contributed by atoms with Gasteiger partial charge in [-0.05, 0) is 49.7 Å². The second-order valence-corrected chi connectivity index (χ2v) is 5.73. The van der Waals surface area contributed by atoms with Crippen molar-refractivity contribution in [3.05, 3.63) is 47.5 Å². The lowest BCUT2D eigenvalue weighted by Crippen LogP contribution is -2.02. The van der Waals surface area contributed by atoms with Crippen molar-refractivity contribution in [1.29, 1.82) is 0 Å². The standard InChI is InChI=1S/C13H16O4.C8H8O3/c1-10(15)4-3-7-17-12-6-5-11(9-14)8-13(12)16-2;1-11-8-4-6(5-9)2-3-7(8)10/h5-6,8-9H,3-4,7H2,1-2H3;2-5,10H,1H3. The van der Waals surface area contributed by atoms with E-state index in [1.54, 1.807) is 25.1 Å². The summed E-state index contributed by atoms with van der Waals surface area (Å²) in [6.45, 7) is 2.01. The number of benzene rings is 2. The van der Waals surface area contributed by atoms with Crippen molar-refractivity contribution in [2.75, 3.05) is 20.8 Å². The molecule has 0 aliphatic rings. The van der Waals surface area contributed by atoms with Crippen molar-refractivity contribution >= 4 is 18.4 Å². The predicted octanol–water partition coefficient (Wildman–Crippen LogP) is 3.47. The number of methoxy groups -OCH3 is 2. The SMILES string of the molecule is COc1cc(C=O)ccc1O.COc1cc(C=O)ccc1OCCCC(C)=O. The highest BCUT2D eigenvalue weighted by Crippen LogP contribution is 2.27. The van der Waals surface area contributed by atoms with E-state index in [9.17, 15) is 14.4 Å². The highest BCUT2D eigenvalue weighted by Gasteiger charge is 2.05. The molecule has 7 nitrogen and oxygen atoms in total. The van der Waals surface area contributed by atoms with Crippen molar-refractivity contribution < 1.29 is 33.7 Å². The molecule has 0 heterocycles. The molecule has 0 atom stereocenters. The molecule has 0 aliphatic heterocycles. The van der Waals surface area contributed by atoms with Crippen molar-refractivity contribution in [3.63, 3.8) is 0 Å². The lowest BCUT2D eigenvalue weighted by molar-refractivity contribution is -0.117. The Kier molecular flexibility index (Phi) is 9.82. The Hall–Kier alpha value is -3.35. The monoisotopic (exact) mass is 388 g/mol. The number of phenolic OH excluding ortho intramolecular Hbond substituents is 1. The average molecular weight is 388 g/mol. The van der Waals surface area contributed by atoms with E-state index in [2.05, 4.69) is 0 Å². The van der Waals surface area contributed by atoms with Crippen molar-refractivity contribution in [3.8, 4) is 23.0 Å². The summed E-state index contributed by atoms with van der Waals surface area (Å²) < 4.78 is 15.4. The van der Waals surface area contributed by atoms with Crippen LogP contribution in [0.2, 0.25) is 0 Å². The van der Waals surface area contributed by atoms with E-state index >= 15 is 0 Å². The van der Waals surface area contributed by atoms with Gasteiger partial charge in [-0.15, -0.1) is 0 Å². The van der Waals surface area contributed by atoms with Crippen LogP contribution in [0.15, 0.2) is 36.4 Å². The molecule has 0 amide bonds. The molecule has 0 spiro atoms. The molecule has 2 aromatic rings. The van der Waals surface area contributed by atoms with Gasteiger partial charge in [0, 0.05) is 17.5 Å². The highest BCUT2D eigenvalue weighted by molar-refractivity contribution is 5.77. The number of Topliss-reactive ketones (excluding diaryl/α,β-unsaturated/α-hetero) is 1. The van der Waals surface area contributed by atoms with Crippen LogP contribution in [0.4, 0.5) is 0 Å². The molecule has 7 heteroatoms. The number of carbonyl (C=O) groups is 3. The Bertz CT molecular complexity index is 799. The zero-order chi connectivity index (χ0) is 20.9. The highest BCUT2D eigenvalue weighted by atomic mass is 16.5. The lowest BCUT2D eigenvalue weighted by Gasteiger charge is -2.10. The number of hydrogen-bond acceptors (Lipinski definition) is 7. The summed E-state index contributed by atoms with van der Waals surface area (Å²) in [6, 6.07) is 9.38. The number of aldehydes is 2. The maximum atomic E-state index is 10.7. The second kappa shape index (κ2) is 12.1. The number of phenols is 1. The fraction of sp³-hybridized carbons (Fsp3) is 0.286. The first kappa shape index (κ1) is 22.7. The number of aromatic hydroxyl groups is 1. The van der Waals surface area contributed by atoms with Crippen molar-refractivity contribution in [2.45, 2.75) is 19.8 Å². The minimum Gasteiger partial charge on any atom is -0.504 e. The summed E-state index contributed by atoms with van der Waals surface area (Å²) in [7, 11) is 2.95. The van der Waals surface area contributed by atoms with E-state index in [1.165, 1.54) is 32.4 Å². The Balaban J connectivity index is 0.000000307. The zero-order valence-corrected chi connectivity index (χ0v) is 16.1. The van der Waals surface area contributed by atoms with Crippen LogP contribution in [0.5, 0.6) is 23.0 Å². The zero-order valence-electron chi connectivity index (χ0n) is 16.1. The van der Waals surface area contributed by atoms with Crippen molar-refractivity contribution in [1.82, 2.24) is 0 Å². The predicted molar refractivity (Wildman–Crippen MR) is 104 cm³/mol. The summed E-state index contributed by atoms with van der Waals surface area (Å²) >= 11 is 0. The normalized spacial score (nSPS) is 9.54. The third-order valence-electron chi connectivity index (χ3n) is 3.59. The topological polar surface area (TPSA) is 99.1 Å². The van der Waals surface area contributed by atoms with E-state index in [0.717, 1.165) is 6.29 Å². The molecule has 0 aromatic heterocycles. The number of rotatable bonds is 9. The number of ether oxygens (including phenoxy) is 3. The van der Waals surface area contributed by atoms with E-state index in [0.29, 0.717) is 54.1 Å². The Labute approximate surface area is 163 Å². The lowest BCUT2D eigenvalue weighted by atomic mass is 10.2. The van der Waals surface area contributed by atoms with E-state index < -0.39 is 0 Å². The van der Waals surface area contributed by atoms with Gasteiger partial charge in [-0.3, -0.25) is 9.59 Å². The number of ketones is 1. The van der Waals surface area contributed by atoms with Gasteiger partial charge in [0.05, 0.1) is 20.8 Å². The molecule has 0 radical (unpaired) electrons. The van der Waals surface area contributed by atoms with Gasteiger partial charge in [-0.1, -0.05) is 0 Å². The molecule has 0 aliphatic carbocycles. The fourth-order valence-corrected chi connectivity index (χ4v) is 2.15. The molecule has 150 valence electrons. The molecule has 0 saturated carbocycles. The molecule has 1 N–H and O–H groups in total. The summed E-state index contributed by atoms with van der Waals surface area (Å²) in [6.07, 6.45) is 2.63. The maximum absolute atomic E-state index is 10.7. The molecule has 0 fully saturated rings. The quantitative estimate of drug-likeness (QED) is 0.519. The molecule has 28 heavy (non-hydrogen) atoms. The Morgan fingerprint density at radius 2 is 1.50 bits per heavy atom. The number of hydrogen-bond donors (Lipinski definition) is 1. The minimum atomic E-state index is 0.0399. The third kappa shape index (κ3) is 7.49. The van der Waals surface area contributed by atoms with Crippen molar-refractivity contribution in [2.24, 2.45) is 0 Å². The summed E-state index contributed by atoms with van der Waals surface area (Å²) in [5.41, 5.74) is 1.03. The molecular weight excluding hydrogens is 364 g/mol. The first-order valence-electron chi connectivity index (χ1n) is 8.52. The molecule has 0 unspecified atom stereocenters. The molecule has 0 bridgehead atoms. The van der Waals surface area contributed by atoms with Crippen LogP contribution in [0, 0.1) is 0 Å². The molecular formula is C21H24O7. The molecule has 2 aromatic carbocycles. The van der Waals surface area contributed by atoms with E-state index in [4.69, 9.17) is 19.3 Å². The Morgan fingerprint density at radius 1 is 0.929 bits per heavy atom. The smallest absolute Gasteiger partial charge is 0.161 e. The van der Waals surface area contributed by atoms with Crippen LogP contribution >= 0.6 is 0 Å². The fourth-order valence-electron chi connectivity index (χ4n) is 2.15. The second-order valence-electron chi connectivity index (χ2n) is 5.73. The third-order valence-corrected chi connectivity index (χ3v) is 3.59. The van der Waals surface area contributed by atoms with Crippen LogP contribution in [-0.2, 0) is 4.79 Å². The maximum Gasteiger partial charge on any atom is 0.161 e. The molecule has 0 saturated heterocycles. The van der Waals surface area contributed by atoms with Gasteiger partial charge < -0.3 is 24.1 Å². The van der Waals surface area contributed by atoms with Gasteiger partial charge in [0.2, 0.25) is 0 Å². The average Bonchev–Trinajstić information content (AvgIpc) is 2.71. The van der Waals surface area contributed by atoms with Crippen LogP contribution in [0.1, 0.15) is 40.5 Å². The van der Waals surface area contributed by atoms with Crippen LogP contribution in [0.25, 0.3) is 0 Å². The van der Waals surface area contributed by atoms with Gasteiger partial charge in [-0.25, -0.2) is 0 Å². The number of carbonyl (C=O) groups excluding carboxylic acids is 3. The van der Waals surface area contributed by atoms with Gasteiger partial charge in [0.1, 0.15) is 18.4 Å². The van der Waals surface area contributed by atoms with Crippen LogP contribution in [0.3, 0.4) is 0 Å². The summed E-state index contributed by atoms with van der Waals surface area (Å²) in [5.74, 6) is 1.61. The minimum absolute atomic E-state index is 0.0399. The first-order chi connectivity index (χ1) is 13.4. The van der Waals surface area contributed by atoms with Gasteiger partial charge >= 0.3 is 0 Å². The molecule has 2 rings (SSSR count). The van der Waals surface area contributed by atoms with E-state index in [-0.39, 0.29) is 11.5 Å². The van der Waals surface area contributed by atoms with Crippen LogP contribution < -0.4 is 14.2 Å². The van der Waals surface area contributed by atoms with Gasteiger partial charge in [0.25, 0.3) is 0 Å². The van der Waals surface area contributed by atoms with E-state index in [1.807, 2.05) is 0 Å². The van der Waals surface area contributed by atoms with Gasteiger partial charge in [0.15, 0.2) is 23.0 Å².